The van der Waals surface area contributed by atoms with E-state index in [1.54, 1.807) is 0 Å². The van der Waals surface area contributed by atoms with E-state index in [2.05, 4.69) is 47.0 Å². The van der Waals surface area contributed by atoms with Gasteiger partial charge < -0.3 is 18.8 Å². The predicted octanol–water partition coefficient (Wildman–Crippen LogP) is 4.50. The third-order valence-corrected chi connectivity index (χ3v) is 8.70. The van der Waals surface area contributed by atoms with Crippen molar-refractivity contribution in [3.05, 3.63) is 121 Å². The second-order valence-corrected chi connectivity index (χ2v) is 11.0. The Bertz CT molecular complexity index is 2000. The minimum atomic E-state index is -0.359. The van der Waals surface area contributed by atoms with E-state index in [4.69, 9.17) is 18.8 Å². The third-order valence-electron chi connectivity index (χ3n) is 8.70. The Morgan fingerprint density at radius 2 is 0.881 bits per heavy atom. The molecule has 4 aliphatic rings. The molecule has 1 aromatic heterocycles. The van der Waals surface area contributed by atoms with Crippen molar-refractivity contribution >= 4 is 35.7 Å². The molecule has 0 spiro atoms. The first-order valence-corrected chi connectivity index (χ1v) is 14.2. The molecule has 5 aromatic carbocycles. The molecular formula is C35H20B2NO4+. The Labute approximate surface area is 242 Å². The Hall–Kier alpha value is -5.42. The quantitative estimate of drug-likeness (QED) is 0.228. The molecule has 0 unspecified atom stereocenters. The molecule has 0 radical (unpaired) electrons. The second-order valence-electron chi connectivity index (χ2n) is 11.0. The average Bonchev–Trinajstić information content (AvgIpc) is 3.05. The highest BCUT2D eigenvalue weighted by Crippen LogP contribution is 2.41. The topological polar surface area (TPSA) is 40.8 Å². The molecule has 0 saturated carbocycles. The number of nitrogens with zero attached hydrogens (tertiary/aromatic N) is 1. The van der Waals surface area contributed by atoms with Crippen LogP contribution in [0.1, 0.15) is 0 Å². The smallest absolute Gasteiger partial charge is 0.441 e. The van der Waals surface area contributed by atoms with Gasteiger partial charge in [-0.05, 0) is 41.5 Å². The van der Waals surface area contributed by atoms with Crippen LogP contribution in [0.3, 0.4) is 0 Å². The fraction of sp³-hybridized carbons (Fsp3) is 0. The number of pyridine rings is 1. The van der Waals surface area contributed by atoms with Gasteiger partial charge >= 0.3 is 25.6 Å². The molecule has 6 aromatic rings. The van der Waals surface area contributed by atoms with Gasteiger partial charge in [-0.25, -0.2) is 0 Å². The molecule has 7 heteroatoms. The van der Waals surface area contributed by atoms with Gasteiger partial charge in [0.05, 0.1) is 10.9 Å². The highest BCUT2D eigenvalue weighted by molar-refractivity contribution is 6.87. The molecule has 0 aliphatic carbocycles. The summed E-state index contributed by atoms with van der Waals surface area (Å²) in [5.74, 6) is 4.62. The second kappa shape index (κ2) is 8.08. The van der Waals surface area contributed by atoms with Crippen LogP contribution in [0.15, 0.2) is 121 Å². The summed E-state index contributed by atoms with van der Waals surface area (Å²) in [6.45, 7) is -0.717. The van der Waals surface area contributed by atoms with Crippen molar-refractivity contribution in [3.8, 4) is 62.7 Å². The number of aromatic nitrogens is 1. The van der Waals surface area contributed by atoms with E-state index in [9.17, 15) is 0 Å². The van der Waals surface area contributed by atoms with Crippen LogP contribution in [-0.4, -0.2) is 13.8 Å². The number of para-hydroxylation sites is 3. The van der Waals surface area contributed by atoms with E-state index in [1.165, 1.54) is 0 Å². The summed E-state index contributed by atoms with van der Waals surface area (Å²) in [5.41, 5.74) is 9.25. The fourth-order valence-electron chi connectivity index (χ4n) is 6.92. The lowest BCUT2D eigenvalue weighted by atomic mass is 9.47. The maximum absolute atomic E-state index is 6.81. The first-order chi connectivity index (χ1) is 20.8. The summed E-state index contributed by atoms with van der Waals surface area (Å²) in [6.07, 6.45) is 0. The molecular weight excluding hydrogens is 520 g/mol. The summed E-state index contributed by atoms with van der Waals surface area (Å²) < 4.78 is 29.3. The molecule has 0 N–H and O–H groups in total. The van der Waals surface area contributed by atoms with Crippen LogP contribution in [0.4, 0.5) is 0 Å². The SMILES string of the molecule is c1ccc(-[n+]2c3c(cc4c2Oc2cccc5c2B4Oc2ccccc2-5)B2Oc4ccccc4-c4cccc(c42)O3)cc1. The van der Waals surface area contributed by atoms with Crippen LogP contribution in [0, 0.1) is 0 Å². The van der Waals surface area contributed by atoms with Crippen molar-refractivity contribution in [3.63, 3.8) is 0 Å². The number of ether oxygens (including phenoxy) is 2. The van der Waals surface area contributed by atoms with E-state index < -0.39 is 0 Å². The Balaban J connectivity index is 1.27. The third kappa shape index (κ3) is 2.87. The van der Waals surface area contributed by atoms with Crippen LogP contribution >= 0.6 is 0 Å². The summed E-state index contributed by atoms with van der Waals surface area (Å²) >= 11 is 0. The van der Waals surface area contributed by atoms with Crippen molar-refractivity contribution < 1.29 is 23.3 Å². The Morgan fingerprint density at radius 1 is 0.429 bits per heavy atom. The molecule has 5 heterocycles. The lowest BCUT2D eigenvalue weighted by Gasteiger charge is -2.34. The normalized spacial score (nSPS) is 13.9. The molecule has 4 aliphatic heterocycles. The van der Waals surface area contributed by atoms with E-state index >= 15 is 0 Å². The van der Waals surface area contributed by atoms with Crippen LogP contribution in [-0.2, 0) is 0 Å². The zero-order chi connectivity index (χ0) is 27.4. The molecule has 5 nitrogen and oxygen atoms in total. The largest absolute Gasteiger partial charge is 0.551 e. The molecule has 10 rings (SSSR count). The summed E-state index contributed by atoms with van der Waals surface area (Å²) in [5, 5.41) is 0. The maximum atomic E-state index is 6.81. The molecule has 42 heavy (non-hydrogen) atoms. The van der Waals surface area contributed by atoms with Crippen molar-refractivity contribution in [2.24, 2.45) is 0 Å². The number of hydrogen-bond acceptors (Lipinski definition) is 4. The predicted molar refractivity (Wildman–Crippen MR) is 163 cm³/mol. The zero-order valence-corrected chi connectivity index (χ0v) is 22.3. The van der Waals surface area contributed by atoms with Crippen LogP contribution in [0.25, 0.3) is 27.9 Å². The summed E-state index contributed by atoms with van der Waals surface area (Å²) in [4.78, 5) is 0. The van der Waals surface area contributed by atoms with Gasteiger partial charge in [-0.15, -0.1) is 0 Å². The monoisotopic (exact) mass is 540 g/mol. The number of benzene rings is 5. The van der Waals surface area contributed by atoms with Gasteiger partial charge in [-0.1, -0.05) is 83.4 Å². The standard InChI is InChI=1S/C35H20B2NO4/c1-2-10-21(11-3-1)38-34-26(36-32-24(14-8-18-30(32)39-34)22-12-4-6-16-28(22)41-36)20-27-35(38)40-31-19-9-15-25-23-13-5-7-17-29(23)42-37(27)33(25)31/h1-20H/q+1. The number of hydrogen-bond donors (Lipinski definition) is 0. The van der Waals surface area contributed by atoms with Crippen LogP contribution < -0.4 is 45.2 Å². The van der Waals surface area contributed by atoms with Crippen LogP contribution in [0.5, 0.6) is 34.8 Å². The fourth-order valence-corrected chi connectivity index (χ4v) is 6.92. The van der Waals surface area contributed by atoms with Gasteiger partial charge in [0.15, 0.2) is 0 Å². The minimum absolute atomic E-state index is 0.359. The van der Waals surface area contributed by atoms with E-state index in [-0.39, 0.29) is 13.8 Å². The lowest BCUT2D eigenvalue weighted by molar-refractivity contribution is -0.605. The van der Waals surface area contributed by atoms with E-state index in [1.807, 2.05) is 78.9 Å². The van der Waals surface area contributed by atoms with Gasteiger partial charge in [0.25, 0.3) is 0 Å². The first kappa shape index (κ1) is 22.3. The van der Waals surface area contributed by atoms with Crippen LogP contribution in [0.2, 0.25) is 0 Å². The molecule has 0 amide bonds. The Kier molecular flexibility index (Phi) is 4.29. The van der Waals surface area contributed by atoms with Gasteiger partial charge in [0, 0.05) is 34.2 Å². The maximum Gasteiger partial charge on any atom is 0.441 e. The van der Waals surface area contributed by atoms with Gasteiger partial charge in [-0.2, -0.15) is 0 Å². The first-order valence-electron chi connectivity index (χ1n) is 14.2. The highest BCUT2D eigenvalue weighted by atomic mass is 16.5. The minimum Gasteiger partial charge on any atom is -0.551 e. The van der Waals surface area contributed by atoms with Gasteiger partial charge in [0.2, 0.25) is 5.69 Å². The lowest BCUT2D eigenvalue weighted by Crippen LogP contribution is -2.63. The zero-order valence-electron chi connectivity index (χ0n) is 22.3. The molecule has 0 fully saturated rings. The van der Waals surface area contributed by atoms with E-state index in [0.717, 1.165) is 72.8 Å². The summed E-state index contributed by atoms with van der Waals surface area (Å²) in [7, 11) is 0. The average molecular weight is 540 g/mol. The Morgan fingerprint density at radius 3 is 1.43 bits per heavy atom. The molecule has 0 bridgehead atoms. The molecule has 0 atom stereocenters. The van der Waals surface area contributed by atoms with Gasteiger partial charge in [0.1, 0.15) is 23.0 Å². The molecule has 0 saturated heterocycles. The van der Waals surface area contributed by atoms with Gasteiger partial charge in [-0.3, -0.25) is 0 Å². The summed E-state index contributed by atoms with van der Waals surface area (Å²) in [6, 6.07) is 41.2. The van der Waals surface area contributed by atoms with Crippen molar-refractivity contribution in [2.75, 3.05) is 0 Å². The number of fused-ring (bicyclic) bond motifs is 8. The highest BCUT2D eigenvalue weighted by Gasteiger charge is 2.51. The van der Waals surface area contributed by atoms with Crippen molar-refractivity contribution in [2.45, 2.75) is 0 Å². The number of rotatable bonds is 1. The molecule has 194 valence electrons. The van der Waals surface area contributed by atoms with Crippen molar-refractivity contribution in [1.29, 1.82) is 0 Å². The van der Waals surface area contributed by atoms with Crippen molar-refractivity contribution in [1.82, 2.24) is 0 Å². The van der Waals surface area contributed by atoms with E-state index in [0.29, 0.717) is 11.8 Å².